The second kappa shape index (κ2) is 7.25. The molecule has 3 aromatic heterocycles. The van der Waals surface area contributed by atoms with Crippen molar-refractivity contribution >= 4 is 45.1 Å². The van der Waals surface area contributed by atoms with Gasteiger partial charge in [0.2, 0.25) is 5.95 Å². The zero-order valence-corrected chi connectivity index (χ0v) is 17.5. The molecular weight excluding hydrogens is 382 g/mol. The molecule has 8 nitrogen and oxygen atoms in total. The van der Waals surface area contributed by atoms with Crippen molar-refractivity contribution in [1.29, 1.82) is 0 Å². The van der Waals surface area contributed by atoms with Crippen LogP contribution in [0.2, 0.25) is 0 Å². The number of ether oxygens (including phenoxy) is 1. The van der Waals surface area contributed by atoms with Crippen LogP contribution in [0.5, 0.6) is 0 Å². The molecule has 10 heteroatoms. The van der Waals surface area contributed by atoms with Crippen molar-refractivity contribution in [3.8, 4) is 0 Å². The van der Waals surface area contributed by atoms with Crippen molar-refractivity contribution in [3.63, 3.8) is 0 Å². The number of thioether (sulfide) groups is 1. The third-order valence-corrected chi connectivity index (χ3v) is 7.06. The van der Waals surface area contributed by atoms with Crippen LogP contribution in [0, 0.1) is 13.8 Å². The molecule has 1 fully saturated rings. The summed E-state index contributed by atoms with van der Waals surface area (Å²) >= 11 is 3.26. The number of rotatable bonds is 4. The van der Waals surface area contributed by atoms with Gasteiger partial charge in [0.05, 0.1) is 23.8 Å². The fourth-order valence-electron chi connectivity index (χ4n) is 3.14. The molecule has 2 N–H and O–H groups in total. The Labute approximate surface area is 166 Å². The summed E-state index contributed by atoms with van der Waals surface area (Å²) in [5.74, 6) is 2.15. The lowest BCUT2D eigenvalue weighted by atomic mass is 10.2. The number of morpholine rings is 1. The van der Waals surface area contributed by atoms with E-state index in [1.165, 1.54) is 10.4 Å². The van der Waals surface area contributed by atoms with Crippen LogP contribution < -0.4 is 10.6 Å². The Bertz CT molecular complexity index is 977. The Hall–Kier alpha value is -1.91. The average molecular weight is 406 g/mol. The highest BCUT2D eigenvalue weighted by Crippen LogP contribution is 2.37. The summed E-state index contributed by atoms with van der Waals surface area (Å²) in [6.45, 7) is 9.34. The summed E-state index contributed by atoms with van der Waals surface area (Å²) in [6, 6.07) is 0. The van der Waals surface area contributed by atoms with Crippen LogP contribution in [-0.4, -0.2) is 51.0 Å². The summed E-state index contributed by atoms with van der Waals surface area (Å²) in [4.78, 5) is 13.7. The summed E-state index contributed by atoms with van der Waals surface area (Å²) in [7, 11) is 1.99. The second-order valence-corrected chi connectivity index (χ2v) is 9.14. The smallest absolute Gasteiger partial charge is 0.227 e. The number of nitrogens with two attached hydrogens (primary N) is 1. The number of thiophene rings is 1. The Balaban J connectivity index is 1.58. The molecule has 0 amide bonds. The number of hydrogen-bond acceptors (Lipinski definition) is 9. The van der Waals surface area contributed by atoms with Gasteiger partial charge in [-0.25, -0.2) is 9.97 Å². The molecular formula is C17H23N7OS2. The quantitative estimate of drug-likeness (QED) is 0.662. The standard InChI is InChI=1S/C17H23N7OS2/c1-9-10(2)26-15-12(9)13(18)19-14(20-15)11(3)27-17-22-21-16(23(17)4)24-5-7-25-8-6-24/h11H,5-8H2,1-4H3,(H2,18,19,20). The van der Waals surface area contributed by atoms with Crippen LogP contribution in [0.3, 0.4) is 0 Å². The first-order chi connectivity index (χ1) is 13.0. The van der Waals surface area contributed by atoms with E-state index in [0.717, 1.165) is 53.4 Å². The molecule has 0 aromatic carbocycles. The molecule has 4 rings (SSSR count). The van der Waals surface area contributed by atoms with Crippen molar-refractivity contribution in [3.05, 3.63) is 16.3 Å². The summed E-state index contributed by atoms with van der Waals surface area (Å²) < 4.78 is 7.44. The third-order valence-electron chi connectivity index (χ3n) is 4.83. The highest BCUT2D eigenvalue weighted by Gasteiger charge is 2.22. The van der Waals surface area contributed by atoms with E-state index in [1.54, 1.807) is 23.1 Å². The Morgan fingerprint density at radius 3 is 2.67 bits per heavy atom. The van der Waals surface area contributed by atoms with Crippen molar-refractivity contribution in [2.45, 2.75) is 31.2 Å². The number of nitrogens with zero attached hydrogens (tertiary/aromatic N) is 6. The molecule has 0 spiro atoms. The Morgan fingerprint density at radius 2 is 1.93 bits per heavy atom. The van der Waals surface area contributed by atoms with Gasteiger partial charge in [-0.3, -0.25) is 4.57 Å². The highest BCUT2D eigenvalue weighted by molar-refractivity contribution is 7.99. The molecule has 1 aliphatic rings. The molecule has 27 heavy (non-hydrogen) atoms. The summed E-state index contributed by atoms with van der Waals surface area (Å²) in [5, 5.41) is 10.6. The van der Waals surface area contributed by atoms with E-state index in [2.05, 4.69) is 40.9 Å². The van der Waals surface area contributed by atoms with Gasteiger partial charge in [0, 0.05) is 25.0 Å². The lowest BCUT2D eigenvalue weighted by Crippen LogP contribution is -2.37. The molecule has 4 heterocycles. The monoisotopic (exact) mass is 405 g/mol. The SMILES string of the molecule is Cc1sc2nc(C(C)Sc3nnc(N4CCOCC4)n3C)nc(N)c2c1C. The molecule has 1 aliphatic heterocycles. The predicted molar refractivity (Wildman–Crippen MR) is 110 cm³/mol. The van der Waals surface area contributed by atoms with Gasteiger partial charge >= 0.3 is 0 Å². The van der Waals surface area contributed by atoms with E-state index in [0.29, 0.717) is 5.82 Å². The minimum atomic E-state index is 0.0138. The Kier molecular flexibility index (Phi) is 4.95. The van der Waals surface area contributed by atoms with Gasteiger partial charge in [0.1, 0.15) is 16.5 Å². The van der Waals surface area contributed by atoms with Gasteiger partial charge in [0.15, 0.2) is 5.16 Å². The number of aryl methyl sites for hydroxylation is 2. The van der Waals surface area contributed by atoms with Crippen LogP contribution in [0.25, 0.3) is 10.2 Å². The largest absolute Gasteiger partial charge is 0.383 e. The van der Waals surface area contributed by atoms with E-state index in [9.17, 15) is 0 Å². The lowest BCUT2D eigenvalue weighted by molar-refractivity contribution is 0.121. The predicted octanol–water partition coefficient (Wildman–Crippen LogP) is 2.71. The first-order valence-electron chi connectivity index (χ1n) is 8.87. The van der Waals surface area contributed by atoms with Crippen LogP contribution in [-0.2, 0) is 11.8 Å². The molecule has 1 unspecified atom stereocenters. The number of nitrogen functional groups attached to an aromatic ring is 1. The molecule has 3 aromatic rings. The second-order valence-electron chi connectivity index (χ2n) is 6.63. The molecule has 0 radical (unpaired) electrons. The van der Waals surface area contributed by atoms with Gasteiger partial charge in [-0.05, 0) is 26.3 Å². The van der Waals surface area contributed by atoms with Crippen molar-refractivity contribution in [2.75, 3.05) is 36.9 Å². The third kappa shape index (κ3) is 3.37. The number of aromatic nitrogens is 5. The van der Waals surface area contributed by atoms with Crippen LogP contribution in [0.1, 0.15) is 28.4 Å². The van der Waals surface area contributed by atoms with Gasteiger partial charge in [-0.2, -0.15) is 0 Å². The van der Waals surface area contributed by atoms with Crippen LogP contribution >= 0.6 is 23.1 Å². The van der Waals surface area contributed by atoms with Crippen molar-refractivity contribution < 1.29 is 4.74 Å². The average Bonchev–Trinajstić information content (AvgIpc) is 3.16. The molecule has 144 valence electrons. The normalized spacial score (nSPS) is 16.2. The first kappa shape index (κ1) is 18.5. The maximum absolute atomic E-state index is 6.23. The Morgan fingerprint density at radius 1 is 1.19 bits per heavy atom. The van der Waals surface area contributed by atoms with Gasteiger partial charge < -0.3 is 15.4 Å². The van der Waals surface area contributed by atoms with Crippen molar-refractivity contribution in [2.24, 2.45) is 7.05 Å². The molecule has 1 atom stereocenters. The van der Waals surface area contributed by atoms with Crippen molar-refractivity contribution in [1.82, 2.24) is 24.7 Å². The van der Waals surface area contributed by atoms with Gasteiger partial charge in [-0.15, -0.1) is 21.5 Å². The van der Waals surface area contributed by atoms with E-state index in [1.807, 2.05) is 11.6 Å². The van der Waals surface area contributed by atoms with Gasteiger partial charge in [0.25, 0.3) is 0 Å². The number of fused-ring (bicyclic) bond motifs is 1. The topological polar surface area (TPSA) is 95.0 Å². The molecule has 1 saturated heterocycles. The number of hydrogen-bond donors (Lipinski definition) is 1. The van der Waals surface area contributed by atoms with E-state index in [-0.39, 0.29) is 5.25 Å². The fourth-order valence-corrected chi connectivity index (χ4v) is 5.04. The molecule has 0 saturated carbocycles. The zero-order chi connectivity index (χ0) is 19.1. The summed E-state index contributed by atoms with van der Waals surface area (Å²) in [6.07, 6.45) is 0. The lowest BCUT2D eigenvalue weighted by Gasteiger charge is -2.27. The van der Waals surface area contributed by atoms with Crippen LogP contribution in [0.15, 0.2) is 5.16 Å². The first-order valence-corrected chi connectivity index (χ1v) is 10.6. The molecule has 0 bridgehead atoms. The van der Waals surface area contributed by atoms with E-state index >= 15 is 0 Å². The van der Waals surface area contributed by atoms with E-state index < -0.39 is 0 Å². The van der Waals surface area contributed by atoms with Crippen LogP contribution in [0.4, 0.5) is 11.8 Å². The number of anilines is 2. The maximum Gasteiger partial charge on any atom is 0.227 e. The minimum absolute atomic E-state index is 0.0138. The zero-order valence-electron chi connectivity index (χ0n) is 15.9. The highest BCUT2D eigenvalue weighted by atomic mass is 32.2. The fraction of sp³-hybridized carbons (Fsp3) is 0.529. The minimum Gasteiger partial charge on any atom is -0.383 e. The summed E-state index contributed by atoms with van der Waals surface area (Å²) in [5.41, 5.74) is 7.40. The van der Waals surface area contributed by atoms with Gasteiger partial charge in [-0.1, -0.05) is 11.8 Å². The maximum atomic E-state index is 6.23. The van der Waals surface area contributed by atoms with E-state index in [4.69, 9.17) is 15.5 Å². The molecule has 0 aliphatic carbocycles.